The Morgan fingerprint density at radius 1 is 0.553 bits per heavy atom. The number of para-hydroxylation sites is 4. The van der Waals surface area contributed by atoms with E-state index in [0.717, 1.165) is 22.5 Å². The smallest absolute Gasteiger partial charge is 0.259 e. The summed E-state index contributed by atoms with van der Waals surface area (Å²) in [7, 11) is 0. The van der Waals surface area contributed by atoms with E-state index in [1.54, 1.807) is 24.3 Å². The van der Waals surface area contributed by atoms with E-state index < -0.39 is 0 Å². The van der Waals surface area contributed by atoms with Crippen LogP contribution in [0.1, 0.15) is 45.7 Å². The fraction of sp³-hybridized carbons (Fsp3) is 0.188. The summed E-state index contributed by atoms with van der Waals surface area (Å²) < 4.78 is 11.3. The number of nitrogens with one attached hydrogen (secondary N) is 2. The topological polar surface area (TPSA) is 76.7 Å². The van der Waals surface area contributed by atoms with Crippen LogP contribution in [0.15, 0.2) is 97.1 Å². The molecule has 0 atom stereocenters. The van der Waals surface area contributed by atoms with Crippen LogP contribution in [0.5, 0.6) is 11.5 Å². The van der Waals surface area contributed by atoms with Gasteiger partial charge in [-0.15, -0.1) is 0 Å². The molecule has 2 N–H and O–H groups in total. The van der Waals surface area contributed by atoms with Crippen molar-refractivity contribution in [2.75, 3.05) is 23.8 Å². The highest BCUT2D eigenvalue weighted by atomic mass is 16.5. The molecule has 38 heavy (non-hydrogen) atoms. The first-order valence-corrected chi connectivity index (χ1v) is 12.8. The van der Waals surface area contributed by atoms with Crippen LogP contribution in [-0.4, -0.2) is 25.0 Å². The molecule has 0 aromatic heterocycles. The first-order chi connectivity index (χ1) is 18.6. The summed E-state index contributed by atoms with van der Waals surface area (Å²) in [4.78, 5) is 26.1. The minimum atomic E-state index is -0.220. The molecule has 6 nitrogen and oxygen atoms in total. The number of amides is 2. The third-order valence-corrected chi connectivity index (χ3v) is 6.06. The standard InChI is InChI=1S/C32H32N2O4/c1-3-37-29-19-11-7-15-25(29)31(35)33-27-17-9-5-13-23(27)21-22-24-14-6-10-18-28(24)34-32(36)26-16-8-12-20-30(26)38-4-2/h5-20H,3-4,21-22H2,1-2H3,(H,33,35)(H,34,36). The predicted octanol–water partition coefficient (Wildman–Crippen LogP) is 6.77. The molecule has 0 bridgehead atoms. The first kappa shape index (κ1) is 26.5. The molecule has 4 aromatic carbocycles. The van der Waals surface area contributed by atoms with Gasteiger partial charge in [-0.1, -0.05) is 60.7 Å². The average Bonchev–Trinajstić information content (AvgIpc) is 2.94. The Hall–Kier alpha value is -4.58. The van der Waals surface area contributed by atoms with Crippen molar-refractivity contribution < 1.29 is 19.1 Å². The minimum Gasteiger partial charge on any atom is -0.493 e. The zero-order chi connectivity index (χ0) is 26.7. The number of anilines is 2. The maximum Gasteiger partial charge on any atom is 0.259 e. The average molecular weight is 509 g/mol. The van der Waals surface area contributed by atoms with Gasteiger partial charge in [-0.05, 0) is 74.2 Å². The molecular formula is C32H32N2O4. The van der Waals surface area contributed by atoms with E-state index >= 15 is 0 Å². The van der Waals surface area contributed by atoms with Crippen LogP contribution >= 0.6 is 0 Å². The Morgan fingerprint density at radius 3 is 1.34 bits per heavy atom. The number of ether oxygens (including phenoxy) is 2. The van der Waals surface area contributed by atoms with Gasteiger partial charge in [0.25, 0.3) is 11.8 Å². The Bertz CT molecular complexity index is 1290. The molecule has 0 aliphatic heterocycles. The third kappa shape index (κ3) is 6.59. The van der Waals surface area contributed by atoms with Gasteiger partial charge in [0.15, 0.2) is 0 Å². The van der Waals surface area contributed by atoms with Crippen molar-refractivity contribution in [2.45, 2.75) is 26.7 Å². The fourth-order valence-corrected chi connectivity index (χ4v) is 4.24. The van der Waals surface area contributed by atoms with Crippen LogP contribution < -0.4 is 20.1 Å². The van der Waals surface area contributed by atoms with Gasteiger partial charge in [0.1, 0.15) is 11.5 Å². The molecule has 0 saturated carbocycles. The second-order valence-corrected chi connectivity index (χ2v) is 8.58. The lowest BCUT2D eigenvalue weighted by molar-refractivity contribution is 0.101. The van der Waals surface area contributed by atoms with Gasteiger partial charge in [0.05, 0.1) is 24.3 Å². The van der Waals surface area contributed by atoms with Gasteiger partial charge in [-0.25, -0.2) is 0 Å². The summed E-state index contributed by atoms with van der Waals surface area (Å²) in [5.41, 5.74) is 4.47. The van der Waals surface area contributed by atoms with E-state index in [0.29, 0.717) is 48.7 Å². The Labute approximate surface area is 223 Å². The maximum absolute atomic E-state index is 13.1. The summed E-state index contributed by atoms with van der Waals surface area (Å²) in [6, 6.07) is 30.0. The molecule has 0 fully saturated rings. The maximum atomic E-state index is 13.1. The number of benzene rings is 4. The summed E-state index contributed by atoms with van der Waals surface area (Å²) in [6.07, 6.45) is 1.35. The summed E-state index contributed by atoms with van der Waals surface area (Å²) in [5.74, 6) is 0.672. The van der Waals surface area contributed by atoms with Crippen molar-refractivity contribution in [1.82, 2.24) is 0 Å². The summed E-state index contributed by atoms with van der Waals surface area (Å²) in [5, 5.41) is 6.09. The van der Waals surface area contributed by atoms with Gasteiger partial charge in [0.2, 0.25) is 0 Å². The van der Waals surface area contributed by atoms with Crippen molar-refractivity contribution in [1.29, 1.82) is 0 Å². The van der Waals surface area contributed by atoms with Gasteiger partial charge < -0.3 is 20.1 Å². The van der Waals surface area contributed by atoms with Crippen LogP contribution in [0.4, 0.5) is 11.4 Å². The number of aryl methyl sites for hydroxylation is 2. The lowest BCUT2D eigenvalue weighted by Gasteiger charge is -2.15. The second kappa shape index (κ2) is 13.1. The molecule has 0 saturated heterocycles. The SMILES string of the molecule is CCOc1ccccc1C(=O)Nc1ccccc1CCc1ccccc1NC(=O)c1ccccc1OCC. The molecule has 0 unspecified atom stereocenters. The van der Waals surface area contributed by atoms with E-state index in [1.165, 1.54) is 0 Å². The number of hydrogen-bond donors (Lipinski definition) is 2. The van der Waals surface area contributed by atoms with Crippen LogP contribution in [0.25, 0.3) is 0 Å². The predicted molar refractivity (Wildman–Crippen MR) is 151 cm³/mol. The second-order valence-electron chi connectivity index (χ2n) is 8.58. The van der Waals surface area contributed by atoms with Crippen molar-refractivity contribution in [3.05, 3.63) is 119 Å². The van der Waals surface area contributed by atoms with Gasteiger partial charge >= 0.3 is 0 Å². The first-order valence-electron chi connectivity index (χ1n) is 12.8. The summed E-state index contributed by atoms with van der Waals surface area (Å²) in [6.45, 7) is 4.74. The highest BCUT2D eigenvalue weighted by Crippen LogP contribution is 2.25. The molecule has 0 aliphatic rings. The number of rotatable bonds is 11. The van der Waals surface area contributed by atoms with Gasteiger partial charge in [0, 0.05) is 11.4 Å². The Morgan fingerprint density at radius 2 is 0.921 bits per heavy atom. The van der Waals surface area contributed by atoms with Crippen molar-refractivity contribution in [3.63, 3.8) is 0 Å². The van der Waals surface area contributed by atoms with Crippen molar-refractivity contribution >= 4 is 23.2 Å². The zero-order valence-electron chi connectivity index (χ0n) is 21.7. The monoisotopic (exact) mass is 508 g/mol. The van der Waals surface area contributed by atoms with Crippen LogP contribution in [0.2, 0.25) is 0 Å². The highest BCUT2D eigenvalue weighted by molar-refractivity contribution is 6.07. The molecular weight excluding hydrogens is 476 g/mol. The number of carbonyl (C=O) groups excluding carboxylic acids is 2. The number of carbonyl (C=O) groups is 2. The van der Waals surface area contributed by atoms with Crippen LogP contribution in [0, 0.1) is 0 Å². The lowest BCUT2D eigenvalue weighted by atomic mass is 10.0. The van der Waals surface area contributed by atoms with E-state index in [1.807, 2.05) is 86.6 Å². The van der Waals surface area contributed by atoms with Crippen molar-refractivity contribution in [2.24, 2.45) is 0 Å². The molecule has 2 amide bonds. The van der Waals surface area contributed by atoms with Crippen LogP contribution in [0.3, 0.4) is 0 Å². The molecule has 0 heterocycles. The van der Waals surface area contributed by atoms with E-state index in [2.05, 4.69) is 10.6 Å². The molecule has 4 rings (SSSR count). The molecule has 0 spiro atoms. The zero-order valence-corrected chi connectivity index (χ0v) is 21.7. The lowest BCUT2D eigenvalue weighted by Crippen LogP contribution is -2.16. The molecule has 194 valence electrons. The normalized spacial score (nSPS) is 10.5. The molecule has 6 heteroatoms. The van der Waals surface area contributed by atoms with Gasteiger partial charge in [-0.2, -0.15) is 0 Å². The van der Waals surface area contributed by atoms with E-state index in [4.69, 9.17) is 9.47 Å². The molecule has 0 radical (unpaired) electrons. The van der Waals surface area contributed by atoms with Crippen molar-refractivity contribution in [3.8, 4) is 11.5 Å². The largest absolute Gasteiger partial charge is 0.493 e. The number of hydrogen-bond acceptors (Lipinski definition) is 4. The Kier molecular flexibility index (Phi) is 9.13. The van der Waals surface area contributed by atoms with Crippen LogP contribution in [-0.2, 0) is 12.8 Å². The van der Waals surface area contributed by atoms with E-state index in [-0.39, 0.29) is 11.8 Å². The summed E-state index contributed by atoms with van der Waals surface area (Å²) >= 11 is 0. The highest BCUT2D eigenvalue weighted by Gasteiger charge is 2.16. The minimum absolute atomic E-state index is 0.220. The van der Waals surface area contributed by atoms with Gasteiger partial charge in [-0.3, -0.25) is 9.59 Å². The molecule has 0 aliphatic carbocycles. The Balaban J connectivity index is 1.48. The third-order valence-electron chi connectivity index (χ3n) is 6.06. The molecule has 4 aromatic rings. The van der Waals surface area contributed by atoms with E-state index in [9.17, 15) is 9.59 Å². The quantitative estimate of drug-likeness (QED) is 0.234. The fourth-order valence-electron chi connectivity index (χ4n) is 4.24.